The molecule has 2 aromatic heterocycles. The third-order valence-corrected chi connectivity index (χ3v) is 6.16. The number of aromatic amines is 1. The van der Waals surface area contributed by atoms with Crippen molar-refractivity contribution >= 4 is 21.6 Å². The van der Waals surface area contributed by atoms with Crippen LogP contribution < -0.4 is 15.0 Å². The van der Waals surface area contributed by atoms with Crippen molar-refractivity contribution in [1.29, 1.82) is 0 Å². The maximum Gasteiger partial charge on any atom is 0.259 e. The maximum absolute atomic E-state index is 12.6. The van der Waals surface area contributed by atoms with Crippen molar-refractivity contribution in [2.45, 2.75) is 32.4 Å². The topological polar surface area (TPSA) is 67.5 Å². The fraction of sp³-hybridized carbons (Fsp3) is 0.400. The van der Waals surface area contributed by atoms with E-state index in [1.807, 2.05) is 25.2 Å². The number of hydrogen-bond acceptors (Lipinski definition) is 6. The van der Waals surface area contributed by atoms with Gasteiger partial charge in [0.05, 0.1) is 26.2 Å². The number of fused-ring (bicyclic) bond motifs is 3. The minimum Gasteiger partial charge on any atom is -0.497 e. The van der Waals surface area contributed by atoms with Crippen molar-refractivity contribution in [3.05, 3.63) is 50.4 Å². The average molecular weight is 385 g/mol. The quantitative estimate of drug-likeness (QED) is 0.706. The number of thiophene rings is 1. The Labute approximate surface area is 161 Å². The second-order valence-electron chi connectivity index (χ2n) is 6.90. The highest BCUT2D eigenvalue weighted by molar-refractivity contribution is 7.18. The number of nitrogens with zero attached hydrogens (tertiary/aromatic N) is 2. The first-order valence-electron chi connectivity index (χ1n) is 9.02. The second kappa shape index (κ2) is 7.32. The van der Waals surface area contributed by atoms with Crippen LogP contribution in [0, 0.1) is 0 Å². The van der Waals surface area contributed by atoms with Gasteiger partial charge in [-0.1, -0.05) is 6.07 Å². The minimum atomic E-state index is -0.00942. The zero-order chi connectivity index (χ0) is 19.0. The highest BCUT2D eigenvalue weighted by Gasteiger charge is 2.21. The van der Waals surface area contributed by atoms with E-state index in [4.69, 9.17) is 14.5 Å². The highest BCUT2D eigenvalue weighted by atomic mass is 32.1. The molecule has 1 N–H and O–H groups in total. The Kier molecular flexibility index (Phi) is 4.88. The molecule has 0 unspecified atom stereocenters. The van der Waals surface area contributed by atoms with Crippen LogP contribution in [0.5, 0.6) is 11.5 Å². The van der Waals surface area contributed by atoms with E-state index in [0.29, 0.717) is 18.9 Å². The zero-order valence-electron chi connectivity index (χ0n) is 15.8. The van der Waals surface area contributed by atoms with Gasteiger partial charge in [-0.05, 0) is 37.9 Å². The summed E-state index contributed by atoms with van der Waals surface area (Å²) in [5, 5.41) is 0.802. The molecule has 1 aromatic carbocycles. The summed E-state index contributed by atoms with van der Waals surface area (Å²) in [7, 11) is 5.29. The van der Waals surface area contributed by atoms with Crippen LogP contribution in [-0.4, -0.2) is 36.1 Å². The summed E-state index contributed by atoms with van der Waals surface area (Å²) in [6, 6.07) is 5.80. The summed E-state index contributed by atoms with van der Waals surface area (Å²) < 4.78 is 10.7. The molecule has 3 aromatic rings. The van der Waals surface area contributed by atoms with Gasteiger partial charge in [0, 0.05) is 23.1 Å². The lowest BCUT2D eigenvalue weighted by atomic mass is 10.1. The van der Waals surface area contributed by atoms with E-state index in [1.165, 1.54) is 10.4 Å². The highest BCUT2D eigenvalue weighted by Crippen LogP contribution is 2.34. The van der Waals surface area contributed by atoms with Crippen LogP contribution in [-0.2, 0) is 25.9 Å². The summed E-state index contributed by atoms with van der Waals surface area (Å²) in [4.78, 5) is 24.6. The first-order chi connectivity index (χ1) is 13.1. The van der Waals surface area contributed by atoms with E-state index >= 15 is 0 Å². The summed E-state index contributed by atoms with van der Waals surface area (Å²) in [6.07, 6.45) is 3.21. The Morgan fingerprint density at radius 2 is 2.07 bits per heavy atom. The molecule has 1 aliphatic carbocycles. The molecule has 0 radical (unpaired) electrons. The minimum absolute atomic E-state index is 0.00942. The van der Waals surface area contributed by atoms with Crippen molar-refractivity contribution in [3.8, 4) is 11.5 Å². The fourth-order valence-electron chi connectivity index (χ4n) is 3.71. The van der Waals surface area contributed by atoms with Gasteiger partial charge in [0.15, 0.2) is 0 Å². The second-order valence-corrected chi connectivity index (χ2v) is 7.98. The number of hydrogen-bond donors (Lipinski definition) is 1. The van der Waals surface area contributed by atoms with E-state index < -0.39 is 0 Å². The molecule has 0 saturated heterocycles. The Morgan fingerprint density at radius 1 is 1.22 bits per heavy atom. The summed E-state index contributed by atoms with van der Waals surface area (Å²) in [5.74, 6) is 2.25. The molecular weight excluding hydrogens is 362 g/mol. The third kappa shape index (κ3) is 3.44. The van der Waals surface area contributed by atoms with Crippen LogP contribution in [0.1, 0.15) is 28.2 Å². The SMILES string of the molecule is COc1ccc(CN(C)Cc2nc3sc4c(c3c(=O)[nH]2)CCC4)c(OC)c1. The van der Waals surface area contributed by atoms with Gasteiger partial charge in [-0.2, -0.15) is 0 Å². The molecule has 0 atom stereocenters. The molecule has 0 saturated carbocycles. The number of aryl methyl sites for hydroxylation is 2. The molecule has 4 rings (SSSR count). The molecule has 7 heteroatoms. The van der Waals surface area contributed by atoms with Gasteiger partial charge in [-0.15, -0.1) is 11.3 Å². The first kappa shape index (κ1) is 18.0. The Bertz CT molecular complexity index is 1040. The van der Waals surface area contributed by atoms with Gasteiger partial charge < -0.3 is 14.5 Å². The number of H-pyrrole nitrogens is 1. The lowest BCUT2D eigenvalue weighted by molar-refractivity contribution is 0.302. The van der Waals surface area contributed by atoms with Gasteiger partial charge in [-0.25, -0.2) is 4.98 Å². The number of ether oxygens (including phenoxy) is 2. The predicted octanol–water partition coefficient (Wildman–Crippen LogP) is 3.12. The maximum atomic E-state index is 12.6. The largest absolute Gasteiger partial charge is 0.497 e. The Hall–Kier alpha value is -2.38. The third-order valence-electron chi connectivity index (χ3n) is 4.98. The van der Waals surface area contributed by atoms with Crippen LogP contribution in [0.15, 0.2) is 23.0 Å². The van der Waals surface area contributed by atoms with Gasteiger partial charge in [-0.3, -0.25) is 9.69 Å². The van der Waals surface area contributed by atoms with Crippen LogP contribution in [0.4, 0.5) is 0 Å². The summed E-state index contributed by atoms with van der Waals surface area (Å²) in [6.45, 7) is 1.23. The molecule has 142 valence electrons. The van der Waals surface area contributed by atoms with Crippen LogP contribution >= 0.6 is 11.3 Å². The van der Waals surface area contributed by atoms with Crippen LogP contribution in [0.3, 0.4) is 0 Å². The Morgan fingerprint density at radius 3 is 2.85 bits per heavy atom. The number of methoxy groups -OCH3 is 2. The molecule has 1 aliphatic rings. The number of nitrogens with one attached hydrogen (secondary N) is 1. The van der Waals surface area contributed by atoms with Crippen molar-refractivity contribution in [2.24, 2.45) is 0 Å². The van der Waals surface area contributed by atoms with Gasteiger partial charge in [0.2, 0.25) is 0 Å². The van der Waals surface area contributed by atoms with E-state index in [-0.39, 0.29) is 5.56 Å². The molecule has 0 spiro atoms. The number of aromatic nitrogens is 2. The summed E-state index contributed by atoms with van der Waals surface area (Å²) in [5.41, 5.74) is 2.26. The number of rotatable bonds is 6. The molecule has 0 bridgehead atoms. The average Bonchev–Trinajstić information content (AvgIpc) is 3.22. The van der Waals surface area contributed by atoms with E-state index in [0.717, 1.165) is 46.5 Å². The normalized spacial score (nSPS) is 13.3. The van der Waals surface area contributed by atoms with Crippen LogP contribution in [0.2, 0.25) is 0 Å². The van der Waals surface area contributed by atoms with E-state index in [2.05, 4.69) is 9.88 Å². The Balaban J connectivity index is 1.55. The lowest BCUT2D eigenvalue weighted by Gasteiger charge is -2.18. The molecule has 0 aliphatic heterocycles. The zero-order valence-corrected chi connectivity index (χ0v) is 16.6. The molecule has 0 amide bonds. The molecule has 0 fully saturated rings. The lowest BCUT2D eigenvalue weighted by Crippen LogP contribution is -2.22. The molecule has 6 nitrogen and oxygen atoms in total. The van der Waals surface area contributed by atoms with Gasteiger partial charge in [0.25, 0.3) is 5.56 Å². The summed E-state index contributed by atoms with van der Waals surface area (Å²) >= 11 is 1.67. The van der Waals surface area contributed by atoms with E-state index in [9.17, 15) is 4.79 Å². The first-order valence-corrected chi connectivity index (χ1v) is 9.83. The van der Waals surface area contributed by atoms with Crippen LogP contribution in [0.25, 0.3) is 10.2 Å². The smallest absolute Gasteiger partial charge is 0.259 e. The molecule has 2 heterocycles. The van der Waals surface area contributed by atoms with Crippen molar-refractivity contribution < 1.29 is 9.47 Å². The van der Waals surface area contributed by atoms with Gasteiger partial charge in [0.1, 0.15) is 22.2 Å². The molecule has 27 heavy (non-hydrogen) atoms. The fourth-order valence-corrected chi connectivity index (χ4v) is 4.99. The number of benzene rings is 1. The predicted molar refractivity (Wildman–Crippen MR) is 107 cm³/mol. The standard InChI is InChI=1S/C20H23N3O3S/c1-23(10-12-7-8-13(25-2)9-15(12)26-3)11-17-21-19(24)18-14-5-4-6-16(14)27-20(18)22-17/h7-9H,4-6,10-11H2,1-3H3,(H,21,22,24). The molecular formula is C20H23N3O3S. The van der Waals surface area contributed by atoms with Crippen molar-refractivity contribution in [3.63, 3.8) is 0 Å². The van der Waals surface area contributed by atoms with Crippen molar-refractivity contribution in [1.82, 2.24) is 14.9 Å². The van der Waals surface area contributed by atoms with Crippen molar-refractivity contribution in [2.75, 3.05) is 21.3 Å². The monoisotopic (exact) mass is 385 g/mol. The van der Waals surface area contributed by atoms with E-state index in [1.54, 1.807) is 25.6 Å². The van der Waals surface area contributed by atoms with Gasteiger partial charge >= 0.3 is 0 Å².